The smallest absolute Gasteiger partial charge is 0.251 e. The molecule has 0 radical (unpaired) electrons. The molecule has 5 nitrogen and oxygen atoms in total. The molecular weight excluding hydrogens is 364 g/mol. The van der Waals surface area contributed by atoms with E-state index < -0.39 is 0 Å². The Labute approximate surface area is 171 Å². The second kappa shape index (κ2) is 8.74. The van der Waals surface area contributed by atoms with Crippen molar-refractivity contribution >= 4 is 17.9 Å². The predicted octanol–water partition coefficient (Wildman–Crippen LogP) is 4.76. The number of amides is 1. The number of carbonyl (C=O) groups is 2. The van der Waals surface area contributed by atoms with Crippen molar-refractivity contribution in [3.63, 3.8) is 0 Å². The molecule has 29 heavy (non-hydrogen) atoms. The van der Waals surface area contributed by atoms with Crippen LogP contribution < -0.4 is 10.1 Å². The Balaban J connectivity index is 2.02. The first-order valence-corrected chi connectivity index (χ1v) is 9.72. The molecule has 0 saturated carbocycles. The minimum absolute atomic E-state index is 0.239. The predicted molar refractivity (Wildman–Crippen MR) is 113 cm³/mol. The number of rotatable bonds is 7. The SMILES string of the molecule is C=C(CCC=O)C(=O)Nc1cc(-c2ccc(C(C)C)cc2)c2c(c1C#N)CCO2. The van der Waals surface area contributed by atoms with Crippen LogP contribution in [0.4, 0.5) is 5.69 Å². The third-order valence-electron chi connectivity index (χ3n) is 5.11. The highest BCUT2D eigenvalue weighted by atomic mass is 16.5. The van der Waals surface area contributed by atoms with Gasteiger partial charge in [-0.15, -0.1) is 0 Å². The van der Waals surface area contributed by atoms with E-state index in [0.717, 1.165) is 23.0 Å². The third kappa shape index (κ3) is 4.22. The van der Waals surface area contributed by atoms with E-state index in [1.54, 1.807) is 6.07 Å². The fraction of sp³-hybridized carbons (Fsp3) is 0.292. The van der Waals surface area contributed by atoms with Gasteiger partial charge in [-0.05, 0) is 29.5 Å². The van der Waals surface area contributed by atoms with Gasteiger partial charge in [0.2, 0.25) is 0 Å². The van der Waals surface area contributed by atoms with E-state index in [1.807, 2.05) is 12.1 Å². The molecule has 148 valence electrons. The molecule has 0 saturated heterocycles. The molecule has 0 aromatic heterocycles. The number of anilines is 1. The largest absolute Gasteiger partial charge is 0.492 e. The van der Waals surface area contributed by atoms with Crippen molar-refractivity contribution in [1.29, 1.82) is 5.26 Å². The van der Waals surface area contributed by atoms with Gasteiger partial charge in [0.15, 0.2) is 0 Å². The van der Waals surface area contributed by atoms with Gasteiger partial charge in [0.05, 0.1) is 17.9 Å². The minimum Gasteiger partial charge on any atom is -0.492 e. The second-order valence-corrected chi connectivity index (χ2v) is 7.40. The van der Waals surface area contributed by atoms with Gasteiger partial charge in [0.25, 0.3) is 5.91 Å². The maximum atomic E-state index is 12.5. The molecule has 0 aliphatic carbocycles. The molecule has 0 unspecified atom stereocenters. The molecule has 1 N–H and O–H groups in total. The fourth-order valence-corrected chi connectivity index (χ4v) is 3.42. The number of nitrogens with one attached hydrogen (secondary N) is 1. The van der Waals surface area contributed by atoms with Gasteiger partial charge in [-0.2, -0.15) is 5.26 Å². The van der Waals surface area contributed by atoms with E-state index in [-0.39, 0.29) is 18.7 Å². The molecule has 0 spiro atoms. The minimum atomic E-state index is -0.386. The molecule has 0 fully saturated rings. The standard InChI is InChI=1S/C24H24N2O3/c1-15(2)17-6-8-18(9-7-17)20-13-22(26-24(28)16(3)5-4-11-27)21(14-25)19-10-12-29-23(19)20/h6-9,11,13,15H,3-5,10,12H2,1-2H3,(H,26,28). The van der Waals surface area contributed by atoms with E-state index in [1.165, 1.54) is 5.56 Å². The number of hydrogen-bond donors (Lipinski definition) is 1. The van der Waals surface area contributed by atoms with Crippen LogP contribution >= 0.6 is 0 Å². The van der Waals surface area contributed by atoms with E-state index in [0.29, 0.717) is 41.5 Å². The lowest BCUT2D eigenvalue weighted by Gasteiger charge is -2.16. The van der Waals surface area contributed by atoms with Crippen LogP contribution in [0.3, 0.4) is 0 Å². The zero-order chi connectivity index (χ0) is 21.0. The summed E-state index contributed by atoms with van der Waals surface area (Å²) in [7, 11) is 0. The third-order valence-corrected chi connectivity index (χ3v) is 5.11. The van der Waals surface area contributed by atoms with Crippen molar-refractivity contribution in [3.8, 4) is 22.9 Å². The number of ether oxygens (including phenoxy) is 1. The molecular formula is C24H24N2O3. The molecule has 0 bridgehead atoms. The number of hydrogen-bond acceptors (Lipinski definition) is 4. The van der Waals surface area contributed by atoms with Crippen LogP contribution in [0, 0.1) is 11.3 Å². The van der Waals surface area contributed by atoms with Gasteiger partial charge >= 0.3 is 0 Å². The van der Waals surface area contributed by atoms with Gasteiger partial charge in [0, 0.05) is 29.5 Å². The van der Waals surface area contributed by atoms with Gasteiger partial charge in [-0.3, -0.25) is 4.79 Å². The summed E-state index contributed by atoms with van der Waals surface area (Å²) in [6.07, 6.45) is 1.90. The summed E-state index contributed by atoms with van der Waals surface area (Å²) in [4.78, 5) is 23.0. The van der Waals surface area contributed by atoms with E-state index in [2.05, 4.69) is 43.9 Å². The molecule has 1 aliphatic rings. The number of benzene rings is 2. The molecule has 5 heteroatoms. The van der Waals surface area contributed by atoms with Crippen molar-refractivity contribution in [1.82, 2.24) is 0 Å². The van der Waals surface area contributed by atoms with Crippen molar-refractivity contribution in [3.05, 3.63) is 59.2 Å². The molecule has 3 rings (SSSR count). The first-order valence-electron chi connectivity index (χ1n) is 9.72. The van der Waals surface area contributed by atoms with Crippen LogP contribution in [0.2, 0.25) is 0 Å². The second-order valence-electron chi connectivity index (χ2n) is 7.40. The quantitative estimate of drug-likeness (QED) is 0.548. The average molecular weight is 388 g/mol. The Morgan fingerprint density at radius 3 is 2.69 bits per heavy atom. The molecule has 0 atom stereocenters. The number of carbonyl (C=O) groups excluding carboxylic acids is 2. The summed E-state index contributed by atoms with van der Waals surface area (Å²) < 4.78 is 5.84. The number of nitrogens with zero attached hydrogens (tertiary/aromatic N) is 1. The summed E-state index contributed by atoms with van der Waals surface area (Å²) in [6, 6.07) is 12.2. The lowest BCUT2D eigenvalue weighted by molar-refractivity contribution is -0.113. The van der Waals surface area contributed by atoms with Crippen LogP contribution in [-0.2, 0) is 16.0 Å². The van der Waals surface area contributed by atoms with E-state index in [4.69, 9.17) is 4.74 Å². The average Bonchev–Trinajstić information content (AvgIpc) is 3.21. The number of aldehydes is 1. The molecule has 1 aliphatic heterocycles. The lowest BCUT2D eigenvalue weighted by atomic mass is 9.93. The summed E-state index contributed by atoms with van der Waals surface area (Å²) in [5.74, 6) is 0.749. The van der Waals surface area contributed by atoms with Crippen molar-refractivity contribution < 1.29 is 14.3 Å². The first kappa shape index (κ1) is 20.3. The summed E-state index contributed by atoms with van der Waals surface area (Å²) in [6.45, 7) is 8.53. The van der Waals surface area contributed by atoms with Crippen LogP contribution in [0.1, 0.15) is 49.3 Å². The highest BCUT2D eigenvalue weighted by Gasteiger charge is 2.25. The van der Waals surface area contributed by atoms with Crippen molar-refractivity contribution in [2.45, 2.75) is 39.0 Å². The first-order chi connectivity index (χ1) is 14.0. The summed E-state index contributed by atoms with van der Waals surface area (Å²) >= 11 is 0. The van der Waals surface area contributed by atoms with Crippen LogP contribution in [0.15, 0.2) is 42.5 Å². The Hall–Kier alpha value is -3.39. The van der Waals surface area contributed by atoms with Gasteiger partial charge in [-0.25, -0.2) is 0 Å². The van der Waals surface area contributed by atoms with Gasteiger partial charge < -0.3 is 14.8 Å². The topological polar surface area (TPSA) is 79.2 Å². The lowest BCUT2D eigenvalue weighted by Crippen LogP contribution is -2.15. The number of fused-ring (bicyclic) bond motifs is 1. The Morgan fingerprint density at radius 1 is 1.34 bits per heavy atom. The molecule has 1 amide bonds. The van der Waals surface area contributed by atoms with E-state index in [9.17, 15) is 14.9 Å². The zero-order valence-electron chi connectivity index (χ0n) is 16.7. The zero-order valence-corrected chi connectivity index (χ0v) is 16.7. The Kier molecular flexibility index (Phi) is 6.13. The molecule has 2 aromatic rings. The van der Waals surface area contributed by atoms with Crippen LogP contribution in [-0.4, -0.2) is 18.8 Å². The summed E-state index contributed by atoms with van der Waals surface area (Å²) in [5, 5.41) is 12.5. The van der Waals surface area contributed by atoms with Crippen molar-refractivity contribution in [2.75, 3.05) is 11.9 Å². The number of nitriles is 1. The Bertz CT molecular complexity index is 998. The molecule has 2 aromatic carbocycles. The molecule has 1 heterocycles. The maximum Gasteiger partial charge on any atom is 0.251 e. The van der Waals surface area contributed by atoms with Gasteiger partial charge in [-0.1, -0.05) is 44.7 Å². The van der Waals surface area contributed by atoms with Crippen LogP contribution in [0.5, 0.6) is 5.75 Å². The van der Waals surface area contributed by atoms with Crippen LogP contribution in [0.25, 0.3) is 11.1 Å². The monoisotopic (exact) mass is 388 g/mol. The van der Waals surface area contributed by atoms with Gasteiger partial charge in [0.1, 0.15) is 18.1 Å². The highest BCUT2D eigenvalue weighted by Crippen LogP contribution is 2.42. The maximum absolute atomic E-state index is 12.5. The normalized spacial score (nSPS) is 12.1. The van der Waals surface area contributed by atoms with Crippen molar-refractivity contribution in [2.24, 2.45) is 0 Å². The summed E-state index contributed by atoms with van der Waals surface area (Å²) in [5.41, 5.74) is 5.02. The van der Waals surface area contributed by atoms with E-state index >= 15 is 0 Å². The fourth-order valence-electron chi connectivity index (χ4n) is 3.42. The Morgan fingerprint density at radius 2 is 2.07 bits per heavy atom. The highest BCUT2D eigenvalue weighted by molar-refractivity contribution is 6.05.